The lowest BCUT2D eigenvalue weighted by Gasteiger charge is -2.06. The van der Waals surface area contributed by atoms with Crippen LogP contribution in [-0.2, 0) is 6.54 Å². The van der Waals surface area contributed by atoms with E-state index in [1.54, 1.807) is 12.1 Å². The molecule has 0 unspecified atom stereocenters. The van der Waals surface area contributed by atoms with Gasteiger partial charge in [-0.15, -0.1) is 22.8 Å². The monoisotopic (exact) mass is 270 g/mol. The summed E-state index contributed by atoms with van der Waals surface area (Å²) in [6.07, 6.45) is 0. The van der Waals surface area contributed by atoms with Gasteiger partial charge in [-0.2, -0.15) is 0 Å². The van der Waals surface area contributed by atoms with Gasteiger partial charge >= 0.3 is 0 Å². The Labute approximate surface area is 109 Å². The minimum absolute atomic E-state index is 0.353. The van der Waals surface area contributed by atoms with Gasteiger partial charge < -0.3 is 9.30 Å². The fourth-order valence-corrected chi connectivity index (χ4v) is 1.99. The summed E-state index contributed by atoms with van der Waals surface area (Å²) < 4.78 is 6.93. The summed E-state index contributed by atoms with van der Waals surface area (Å²) in [5, 5.41) is 8.91. The molecule has 0 aromatic carbocycles. The number of rotatable bonds is 3. The van der Waals surface area contributed by atoms with Crippen LogP contribution in [0.4, 0.5) is 0 Å². The van der Waals surface area contributed by atoms with Gasteiger partial charge in [-0.05, 0) is 13.0 Å². The van der Waals surface area contributed by atoms with Crippen molar-refractivity contribution in [2.45, 2.75) is 18.6 Å². The lowest BCUT2D eigenvalue weighted by Crippen LogP contribution is -1.99. The Morgan fingerprint density at radius 3 is 2.82 bits per heavy atom. The predicted molar refractivity (Wildman–Crippen MR) is 67.7 cm³/mol. The van der Waals surface area contributed by atoms with Gasteiger partial charge in [-0.25, -0.2) is 4.98 Å². The topological polar surface area (TPSA) is 52.8 Å². The van der Waals surface area contributed by atoms with Crippen molar-refractivity contribution >= 4 is 24.2 Å². The number of pyridine rings is 1. The maximum atomic E-state index is 5.91. The lowest BCUT2D eigenvalue weighted by molar-refractivity contribution is 0.398. The highest BCUT2D eigenvalue weighted by molar-refractivity contribution is 7.80. The molecule has 0 bridgehead atoms. The predicted octanol–water partition coefficient (Wildman–Crippen LogP) is 2.31. The minimum Gasteiger partial charge on any atom is -0.481 e. The van der Waals surface area contributed by atoms with E-state index >= 15 is 0 Å². The maximum Gasteiger partial charge on any atom is 0.215 e. The third-order valence-corrected chi connectivity index (χ3v) is 2.81. The zero-order chi connectivity index (χ0) is 12.4. The van der Waals surface area contributed by atoms with Crippen LogP contribution in [0.5, 0.6) is 5.88 Å². The largest absolute Gasteiger partial charge is 0.481 e. The average molecular weight is 271 g/mol. The molecule has 5 nitrogen and oxygen atoms in total. The number of aromatic nitrogens is 4. The molecular formula is C10H11ClN4OS. The van der Waals surface area contributed by atoms with Crippen LogP contribution in [-0.4, -0.2) is 26.9 Å². The van der Waals surface area contributed by atoms with Crippen molar-refractivity contribution in [2.24, 2.45) is 0 Å². The number of halogens is 1. The van der Waals surface area contributed by atoms with Gasteiger partial charge in [-0.1, -0.05) is 11.6 Å². The van der Waals surface area contributed by atoms with Gasteiger partial charge in [0, 0.05) is 18.2 Å². The van der Waals surface area contributed by atoms with Crippen LogP contribution in [0.15, 0.2) is 17.3 Å². The Bertz CT molecular complexity index is 543. The van der Waals surface area contributed by atoms with E-state index in [4.69, 9.17) is 16.3 Å². The Morgan fingerprint density at radius 2 is 2.18 bits per heavy atom. The number of hydrogen-bond acceptors (Lipinski definition) is 5. The first-order chi connectivity index (χ1) is 8.15. The normalized spacial score (nSPS) is 10.6. The van der Waals surface area contributed by atoms with E-state index in [2.05, 4.69) is 27.8 Å². The van der Waals surface area contributed by atoms with Gasteiger partial charge in [0.15, 0.2) is 11.0 Å². The van der Waals surface area contributed by atoms with Crippen LogP contribution in [0.1, 0.15) is 6.92 Å². The van der Waals surface area contributed by atoms with Crippen LogP contribution < -0.4 is 4.74 Å². The Balaban J connectivity index is 2.55. The second-order valence-electron chi connectivity index (χ2n) is 3.29. The minimum atomic E-state index is 0.353. The van der Waals surface area contributed by atoms with Crippen LogP contribution in [0.3, 0.4) is 0 Å². The fraction of sp³-hybridized carbons (Fsp3) is 0.300. The molecule has 0 atom stereocenters. The summed E-state index contributed by atoms with van der Waals surface area (Å²) in [5.41, 5.74) is 0.802. The summed E-state index contributed by atoms with van der Waals surface area (Å²) >= 11 is 10.1. The number of ether oxygens (including phenoxy) is 1. The van der Waals surface area contributed by atoms with E-state index in [9.17, 15) is 0 Å². The molecule has 0 saturated heterocycles. The van der Waals surface area contributed by atoms with E-state index in [0.717, 1.165) is 12.1 Å². The van der Waals surface area contributed by atoms with E-state index in [-0.39, 0.29) is 0 Å². The summed E-state index contributed by atoms with van der Waals surface area (Å²) in [6.45, 7) is 2.72. The fourth-order valence-electron chi connectivity index (χ4n) is 1.51. The first kappa shape index (κ1) is 12.2. The van der Waals surface area contributed by atoms with Crippen molar-refractivity contribution in [1.82, 2.24) is 19.7 Å². The highest BCUT2D eigenvalue weighted by Gasteiger charge is 2.12. The van der Waals surface area contributed by atoms with Gasteiger partial charge in [0.25, 0.3) is 0 Å². The average Bonchev–Trinajstić information content (AvgIpc) is 2.69. The first-order valence-corrected chi connectivity index (χ1v) is 5.82. The molecular weight excluding hydrogens is 260 g/mol. The third kappa shape index (κ3) is 2.37. The van der Waals surface area contributed by atoms with E-state index in [1.165, 1.54) is 7.11 Å². The summed E-state index contributed by atoms with van der Waals surface area (Å²) in [6, 6.07) is 3.47. The quantitative estimate of drug-likeness (QED) is 0.687. The van der Waals surface area contributed by atoms with Crippen LogP contribution >= 0.6 is 24.2 Å². The highest BCUT2D eigenvalue weighted by atomic mass is 35.5. The van der Waals surface area contributed by atoms with Crippen LogP contribution in [0.25, 0.3) is 11.4 Å². The Morgan fingerprint density at radius 1 is 1.41 bits per heavy atom. The first-order valence-electron chi connectivity index (χ1n) is 4.99. The van der Waals surface area contributed by atoms with Crippen molar-refractivity contribution in [3.63, 3.8) is 0 Å². The lowest BCUT2D eigenvalue weighted by atomic mass is 10.2. The molecule has 0 radical (unpaired) electrons. The molecule has 0 spiro atoms. The molecule has 0 saturated carbocycles. The van der Waals surface area contributed by atoms with Crippen molar-refractivity contribution in [1.29, 1.82) is 0 Å². The molecule has 0 aliphatic carbocycles. The number of hydrogen-bond donors (Lipinski definition) is 1. The molecule has 17 heavy (non-hydrogen) atoms. The molecule has 0 aliphatic rings. The molecule has 0 N–H and O–H groups in total. The van der Waals surface area contributed by atoms with Gasteiger partial charge in [0.2, 0.25) is 5.88 Å². The van der Waals surface area contributed by atoms with Gasteiger partial charge in [0.1, 0.15) is 5.15 Å². The number of methoxy groups -OCH3 is 1. The van der Waals surface area contributed by atoms with Gasteiger partial charge in [-0.3, -0.25) is 0 Å². The SMILES string of the molecule is CCn1c(S)nnc1-c1cc(Cl)nc(OC)c1. The van der Waals surface area contributed by atoms with Crippen molar-refractivity contribution in [3.05, 3.63) is 17.3 Å². The molecule has 90 valence electrons. The van der Waals surface area contributed by atoms with E-state index in [1.807, 2.05) is 11.5 Å². The summed E-state index contributed by atoms with van der Waals surface area (Å²) in [5.74, 6) is 1.14. The van der Waals surface area contributed by atoms with E-state index < -0.39 is 0 Å². The Kier molecular flexibility index (Phi) is 3.54. The molecule has 7 heteroatoms. The number of nitrogens with zero attached hydrogens (tertiary/aromatic N) is 4. The molecule has 2 aromatic heterocycles. The molecule has 2 heterocycles. The van der Waals surface area contributed by atoms with Crippen LogP contribution in [0, 0.1) is 0 Å². The van der Waals surface area contributed by atoms with Crippen molar-refractivity contribution in [2.75, 3.05) is 7.11 Å². The standard InChI is InChI=1S/C10H11ClN4OS/c1-3-15-9(13-14-10(15)17)6-4-7(11)12-8(5-6)16-2/h4-5H,3H2,1-2H3,(H,14,17). The third-order valence-electron chi connectivity index (χ3n) is 2.29. The smallest absolute Gasteiger partial charge is 0.215 e. The molecule has 0 fully saturated rings. The van der Waals surface area contributed by atoms with Gasteiger partial charge in [0.05, 0.1) is 7.11 Å². The zero-order valence-corrected chi connectivity index (χ0v) is 11.0. The summed E-state index contributed by atoms with van der Waals surface area (Å²) in [4.78, 5) is 4.01. The van der Waals surface area contributed by atoms with Crippen molar-refractivity contribution < 1.29 is 4.74 Å². The van der Waals surface area contributed by atoms with E-state index in [0.29, 0.717) is 22.0 Å². The Hall–Kier alpha value is -1.27. The molecule has 2 rings (SSSR count). The van der Waals surface area contributed by atoms with Crippen LogP contribution in [0.2, 0.25) is 5.15 Å². The zero-order valence-electron chi connectivity index (χ0n) is 9.38. The second-order valence-corrected chi connectivity index (χ2v) is 4.08. The number of thiol groups is 1. The van der Waals surface area contributed by atoms with Crippen molar-refractivity contribution in [3.8, 4) is 17.3 Å². The highest BCUT2D eigenvalue weighted by Crippen LogP contribution is 2.25. The summed E-state index contributed by atoms with van der Waals surface area (Å²) in [7, 11) is 1.54. The molecule has 0 amide bonds. The molecule has 0 aliphatic heterocycles. The second kappa shape index (κ2) is 4.93. The maximum absolute atomic E-state index is 5.91. The molecule has 2 aromatic rings.